The lowest BCUT2D eigenvalue weighted by atomic mass is 9.87. The molecule has 0 atom stereocenters. The van der Waals surface area contributed by atoms with E-state index in [0.29, 0.717) is 0 Å². The molecule has 0 unspecified atom stereocenters. The molecule has 0 saturated carbocycles. The van der Waals surface area contributed by atoms with Gasteiger partial charge >= 0.3 is 0 Å². The molecule has 7 heteroatoms. The lowest BCUT2D eigenvalue weighted by molar-refractivity contribution is -0.117. The number of rotatable bonds is 6. The van der Waals surface area contributed by atoms with E-state index < -0.39 is 0 Å². The summed E-state index contributed by atoms with van der Waals surface area (Å²) in [7, 11) is 0. The number of carbonyl (C=O) groups excluding carboxylic acids is 2. The minimum Gasteiger partial charge on any atom is -0.369 e. The molecule has 0 bridgehead atoms. The first-order valence-electron chi connectivity index (χ1n) is 7.93. The van der Waals surface area contributed by atoms with Crippen molar-refractivity contribution in [3.8, 4) is 0 Å². The van der Waals surface area contributed by atoms with E-state index in [4.69, 9.17) is 5.73 Å². The van der Waals surface area contributed by atoms with Crippen LogP contribution in [0, 0.1) is 6.92 Å². The summed E-state index contributed by atoms with van der Waals surface area (Å²) in [6.45, 7) is 8.30. The third kappa shape index (κ3) is 5.86. The van der Waals surface area contributed by atoms with Crippen LogP contribution in [0.3, 0.4) is 0 Å². The smallest absolute Gasteiger partial charge is 0.234 e. The fraction of sp³-hybridized carbons (Fsp3) is 0.389. The monoisotopic (exact) mass is 377 g/mol. The number of aromatic nitrogens is 1. The van der Waals surface area contributed by atoms with Crippen molar-refractivity contribution in [2.24, 2.45) is 5.73 Å². The normalized spacial score (nSPS) is 11.4. The molecular weight excluding hydrogens is 354 g/mol. The molecule has 2 amide bonds. The number of thiazole rings is 1. The van der Waals surface area contributed by atoms with E-state index in [2.05, 4.69) is 31.1 Å². The van der Waals surface area contributed by atoms with Crippen molar-refractivity contribution in [2.75, 3.05) is 11.1 Å². The standard InChI is InChI=1S/C18H23N3O2S2/c1-11-14(9-15(19)22)25-17(20-11)24-10-16(23)21-13-7-5-12(6-8-13)18(2,3)4/h5-8H,9-10H2,1-4H3,(H2,19,22)(H,21,23). The fourth-order valence-corrected chi connectivity index (χ4v) is 4.21. The summed E-state index contributed by atoms with van der Waals surface area (Å²) in [5.74, 6) is -0.193. The minimum absolute atomic E-state index is 0.0854. The lowest BCUT2D eigenvalue weighted by Gasteiger charge is -2.19. The predicted molar refractivity (Wildman–Crippen MR) is 104 cm³/mol. The third-order valence-corrected chi connectivity index (χ3v) is 5.87. The first kappa shape index (κ1) is 19.5. The van der Waals surface area contributed by atoms with Crippen molar-refractivity contribution in [1.82, 2.24) is 4.98 Å². The summed E-state index contributed by atoms with van der Waals surface area (Å²) >= 11 is 2.77. The summed E-state index contributed by atoms with van der Waals surface area (Å²) in [5, 5.41) is 2.89. The number of hydrogen-bond acceptors (Lipinski definition) is 5. The van der Waals surface area contributed by atoms with Crippen LogP contribution in [0.5, 0.6) is 0 Å². The number of anilines is 1. The molecule has 134 valence electrons. The minimum atomic E-state index is -0.375. The number of carbonyl (C=O) groups is 2. The molecule has 5 nitrogen and oxygen atoms in total. The number of hydrogen-bond donors (Lipinski definition) is 2. The SMILES string of the molecule is Cc1nc(SCC(=O)Nc2ccc(C(C)(C)C)cc2)sc1CC(N)=O. The van der Waals surface area contributed by atoms with Gasteiger partial charge in [0.15, 0.2) is 4.34 Å². The Morgan fingerprint density at radius 1 is 1.24 bits per heavy atom. The van der Waals surface area contributed by atoms with Gasteiger partial charge in [0, 0.05) is 10.6 Å². The zero-order valence-corrected chi connectivity index (χ0v) is 16.5. The van der Waals surface area contributed by atoms with Crippen LogP contribution >= 0.6 is 23.1 Å². The second kappa shape index (κ2) is 8.01. The Bertz CT molecular complexity index is 762. The van der Waals surface area contributed by atoms with Crippen molar-refractivity contribution in [1.29, 1.82) is 0 Å². The van der Waals surface area contributed by atoms with Crippen molar-refractivity contribution >= 4 is 40.6 Å². The average Bonchev–Trinajstić information content (AvgIpc) is 2.84. The maximum atomic E-state index is 12.1. The molecule has 2 rings (SSSR count). The molecule has 0 fully saturated rings. The largest absolute Gasteiger partial charge is 0.369 e. The number of nitrogens with two attached hydrogens (primary N) is 1. The van der Waals surface area contributed by atoms with Crippen LogP contribution in [0.4, 0.5) is 5.69 Å². The Hall–Kier alpha value is -1.86. The Morgan fingerprint density at radius 3 is 2.44 bits per heavy atom. The van der Waals surface area contributed by atoms with Crippen molar-refractivity contribution in [2.45, 2.75) is 43.9 Å². The van der Waals surface area contributed by atoms with E-state index in [1.54, 1.807) is 0 Å². The van der Waals surface area contributed by atoms with Crippen LogP contribution in [0.2, 0.25) is 0 Å². The molecule has 3 N–H and O–H groups in total. The van der Waals surface area contributed by atoms with Gasteiger partial charge in [0.2, 0.25) is 11.8 Å². The Balaban J connectivity index is 1.89. The number of primary amides is 1. The van der Waals surface area contributed by atoms with Crippen LogP contribution in [0.15, 0.2) is 28.6 Å². The molecular formula is C18H23N3O2S2. The summed E-state index contributed by atoms with van der Waals surface area (Å²) < 4.78 is 0.770. The summed E-state index contributed by atoms with van der Waals surface area (Å²) in [6.07, 6.45) is 0.191. The number of amides is 2. The molecule has 0 radical (unpaired) electrons. The van der Waals surface area contributed by atoms with Crippen molar-refractivity contribution in [3.05, 3.63) is 40.4 Å². The van der Waals surface area contributed by atoms with Gasteiger partial charge in [-0.15, -0.1) is 11.3 Å². The molecule has 1 aromatic heterocycles. The molecule has 0 aliphatic heterocycles. The zero-order valence-electron chi connectivity index (χ0n) is 14.9. The molecule has 1 heterocycles. The van der Waals surface area contributed by atoms with E-state index >= 15 is 0 Å². The highest BCUT2D eigenvalue weighted by atomic mass is 32.2. The summed E-state index contributed by atoms with van der Waals surface area (Å²) in [5.41, 5.74) is 8.10. The van der Waals surface area contributed by atoms with Crippen molar-refractivity contribution < 1.29 is 9.59 Å². The van der Waals surface area contributed by atoms with Gasteiger partial charge in [0.25, 0.3) is 0 Å². The molecule has 0 aliphatic rings. The third-order valence-electron chi connectivity index (χ3n) is 3.57. The molecule has 25 heavy (non-hydrogen) atoms. The summed E-state index contributed by atoms with van der Waals surface area (Å²) in [6, 6.07) is 7.90. The highest BCUT2D eigenvalue weighted by molar-refractivity contribution is 8.01. The van der Waals surface area contributed by atoms with Crippen LogP contribution < -0.4 is 11.1 Å². The molecule has 1 aromatic carbocycles. The van der Waals surface area contributed by atoms with Gasteiger partial charge in [0.1, 0.15) is 0 Å². The van der Waals surface area contributed by atoms with E-state index in [-0.39, 0.29) is 29.4 Å². The molecule has 2 aromatic rings. The number of benzene rings is 1. The maximum Gasteiger partial charge on any atom is 0.234 e. The molecule has 0 saturated heterocycles. The van der Waals surface area contributed by atoms with Gasteiger partial charge in [-0.3, -0.25) is 9.59 Å². The van der Waals surface area contributed by atoms with Gasteiger partial charge in [-0.2, -0.15) is 0 Å². The number of nitrogens with zero attached hydrogens (tertiary/aromatic N) is 1. The number of thioether (sulfide) groups is 1. The van der Waals surface area contributed by atoms with Gasteiger partial charge in [-0.1, -0.05) is 44.7 Å². The van der Waals surface area contributed by atoms with Gasteiger partial charge in [-0.05, 0) is 30.0 Å². The topological polar surface area (TPSA) is 85.1 Å². The van der Waals surface area contributed by atoms with Crippen LogP contribution in [-0.4, -0.2) is 22.6 Å². The van der Waals surface area contributed by atoms with Gasteiger partial charge < -0.3 is 11.1 Å². The number of nitrogens with one attached hydrogen (secondary N) is 1. The first-order chi connectivity index (χ1) is 11.6. The zero-order chi connectivity index (χ0) is 18.6. The highest BCUT2D eigenvalue weighted by Gasteiger charge is 2.14. The first-order valence-corrected chi connectivity index (χ1v) is 9.73. The molecule has 0 spiro atoms. The highest BCUT2D eigenvalue weighted by Crippen LogP contribution is 2.28. The van der Waals surface area contributed by atoms with Gasteiger partial charge in [-0.25, -0.2) is 4.98 Å². The second-order valence-electron chi connectivity index (χ2n) is 6.80. The van der Waals surface area contributed by atoms with Gasteiger partial charge in [0.05, 0.1) is 17.9 Å². The average molecular weight is 378 g/mol. The van der Waals surface area contributed by atoms with Crippen molar-refractivity contribution in [3.63, 3.8) is 0 Å². The van der Waals surface area contributed by atoms with E-state index in [0.717, 1.165) is 20.6 Å². The Kier molecular flexibility index (Phi) is 6.24. The fourth-order valence-electron chi connectivity index (χ4n) is 2.16. The Morgan fingerprint density at radius 2 is 1.88 bits per heavy atom. The lowest BCUT2D eigenvalue weighted by Crippen LogP contribution is -2.15. The number of aryl methyl sites for hydroxylation is 1. The van der Waals surface area contributed by atoms with Crippen LogP contribution in [0.1, 0.15) is 36.9 Å². The Labute approximate surface area is 156 Å². The predicted octanol–water partition coefficient (Wildman–Crippen LogP) is 3.51. The molecule has 0 aliphatic carbocycles. The van der Waals surface area contributed by atoms with Crippen LogP contribution in [0.25, 0.3) is 0 Å². The maximum absolute atomic E-state index is 12.1. The van der Waals surface area contributed by atoms with E-state index in [1.165, 1.54) is 28.7 Å². The second-order valence-corrected chi connectivity index (χ2v) is 9.10. The van der Waals surface area contributed by atoms with Crippen LogP contribution in [-0.2, 0) is 21.4 Å². The van der Waals surface area contributed by atoms with E-state index in [9.17, 15) is 9.59 Å². The quantitative estimate of drug-likeness (QED) is 0.755. The summed E-state index contributed by atoms with van der Waals surface area (Å²) in [4.78, 5) is 28.4. The van der Waals surface area contributed by atoms with E-state index in [1.807, 2.05) is 31.2 Å².